The number of nitrogens with zero attached hydrogens (tertiary/aromatic N) is 2. The second-order valence-corrected chi connectivity index (χ2v) is 5.32. The summed E-state index contributed by atoms with van der Waals surface area (Å²) in [5, 5.41) is 11.6. The summed E-state index contributed by atoms with van der Waals surface area (Å²) in [6.45, 7) is 7.15. The average molecular weight is 243 g/mol. The van der Waals surface area contributed by atoms with Gasteiger partial charge in [0, 0.05) is 6.04 Å². The van der Waals surface area contributed by atoms with Crippen LogP contribution in [-0.2, 0) is 4.74 Å². The smallest absolute Gasteiger partial charge is 0.411 e. The zero-order chi connectivity index (χ0) is 13.2. The van der Waals surface area contributed by atoms with Crippen molar-refractivity contribution in [3.63, 3.8) is 0 Å². The van der Waals surface area contributed by atoms with Crippen LogP contribution in [-0.4, -0.2) is 39.7 Å². The number of carbonyl (C=O) groups excluding carboxylic acids is 1. The second-order valence-electron chi connectivity index (χ2n) is 5.32. The molecule has 0 bridgehead atoms. The van der Waals surface area contributed by atoms with Crippen molar-refractivity contribution in [1.82, 2.24) is 4.90 Å². The molecule has 0 spiro atoms. The molecule has 1 amide bonds. The lowest BCUT2D eigenvalue weighted by Crippen LogP contribution is -2.49. The van der Waals surface area contributed by atoms with Gasteiger partial charge in [0.15, 0.2) is 5.84 Å². The fraction of sp³-hybridized carbons (Fsp3) is 0.818. The summed E-state index contributed by atoms with van der Waals surface area (Å²) in [6, 6.07) is -0.317. The maximum atomic E-state index is 12.0. The van der Waals surface area contributed by atoms with Crippen LogP contribution in [0.1, 0.15) is 40.5 Å². The maximum Gasteiger partial charge on any atom is 0.411 e. The van der Waals surface area contributed by atoms with Gasteiger partial charge in [-0.3, -0.25) is 4.90 Å². The fourth-order valence-corrected chi connectivity index (χ4v) is 1.52. The molecule has 1 saturated carbocycles. The van der Waals surface area contributed by atoms with Crippen molar-refractivity contribution in [2.24, 2.45) is 10.9 Å². The minimum absolute atomic E-state index is 0.0164. The van der Waals surface area contributed by atoms with Gasteiger partial charge >= 0.3 is 6.09 Å². The van der Waals surface area contributed by atoms with Crippen molar-refractivity contribution in [3.05, 3.63) is 0 Å². The third-order valence-corrected chi connectivity index (χ3v) is 2.51. The van der Waals surface area contributed by atoms with E-state index in [1.165, 1.54) is 0 Å². The van der Waals surface area contributed by atoms with Gasteiger partial charge in [0.05, 0.1) is 6.04 Å². The molecule has 0 heterocycles. The first-order chi connectivity index (χ1) is 7.76. The van der Waals surface area contributed by atoms with Gasteiger partial charge in [-0.1, -0.05) is 5.16 Å². The van der Waals surface area contributed by atoms with Gasteiger partial charge in [-0.2, -0.15) is 0 Å². The summed E-state index contributed by atoms with van der Waals surface area (Å²) in [5.74, 6) is 0.0164. The predicted octanol–water partition coefficient (Wildman–Crippen LogP) is 1.52. The standard InChI is InChI=1S/C11H21N3O3/c1-7(9(12)13-16)14(8-5-6-8)10(15)17-11(2,3)4/h7-8,16H,5-6H2,1-4H3,(H2,12,13). The molecule has 1 aliphatic rings. The zero-order valence-electron chi connectivity index (χ0n) is 10.8. The van der Waals surface area contributed by atoms with E-state index < -0.39 is 17.7 Å². The number of nitrogens with two attached hydrogens (primary N) is 1. The number of hydrogen-bond donors (Lipinski definition) is 2. The lowest BCUT2D eigenvalue weighted by atomic mass is 10.2. The Balaban J connectivity index is 2.76. The van der Waals surface area contributed by atoms with Crippen LogP contribution >= 0.6 is 0 Å². The van der Waals surface area contributed by atoms with Crippen LogP contribution in [0.25, 0.3) is 0 Å². The third kappa shape index (κ3) is 3.80. The number of amidine groups is 1. The van der Waals surface area contributed by atoms with Crippen LogP contribution in [0.5, 0.6) is 0 Å². The van der Waals surface area contributed by atoms with E-state index in [9.17, 15) is 4.79 Å². The summed E-state index contributed by atoms with van der Waals surface area (Å²) >= 11 is 0. The molecule has 0 aromatic carbocycles. The van der Waals surface area contributed by atoms with Crippen LogP contribution in [0.3, 0.4) is 0 Å². The predicted molar refractivity (Wildman–Crippen MR) is 64.0 cm³/mol. The largest absolute Gasteiger partial charge is 0.444 e. The van der Waals surface area contributed by atoms with Gasteiger partial charge in [0.2, 0.25) is 0 Å². The summed E-state index contributed by atoms with van der Waals surface area (Å²) < 4.78 is 5.31. The molecule has 0 aromatic heterocycles. The number of ether oxygens (including phenoxy) is 1. The third-order valence-electron chi connectivity index (χ3n) is 2.51. The molecule has 1 fully saturated rings. The summed E-state index contributed by atoms with van der Waals surface area (Å²) in [5.41, 5.74) is 4.99. The summed E-state index contributed by atoms with van der Waals surface area (Å²) in [7, 11) is 0. The van der Waals surface area contributed by atoms with Crippen LogP contribution in [0.4, 0.5) is 4.79 Å². The molecule has 0 radical (unpaired) electrons. The van der Waals surface area contributed by atoms with Crippen LogP contribution < -0.4 is 5.73 Å². The summed E-state index contributed by atoms with van der Waals surface area (Å²) in [6.07, 6.45) is 1.45. The lowest BCUT2D eigenvalue weighted by Gasteiger charge is -2.31. The molecule has 1 rings (SSSR count). The molecule has 0 aromatic rings. The Morgan fingerprint density at radius 1 is 1.53 bits per heavy atom. The van der Waals surface area contributed by atoms with E-state index >= 15 is 0 Å². The highest BCUT2D eigenvalue weighted by atomic mass is 16.6. The number of rotatable bonds is 3. The van der Waals surface area contributed by atoms with Crippen LogP contribution in [0.2, 0.25) is 0 Å². The monoisotopic (exact) mass is 243 g/mol. The zero-order valence-corrected chi connectivity index (χ0v) is 10.8. The highest BCUT2D eigenvalue weighted by Crippen LogP contribution is 2.30. The van der Waals surface area contributed by atoms with Gasteiger partial charge in [0.25, 0.3) is 0 Å². The van der Waals surface area contributed by atoms with E-state index in [2.05, 4.69) is 5.16 Å². The molecule has 6 heteroatoms. The van der Waals surface area contributed by atoms with E-state index in [0.29, 0.717) is 0 Å². The number of hydrogen-bond acceptors (Lipinski definition) is 4. The maximum absolute atomic E-state index is 12.0. The topological polar surface area (TPSA) is 88.2 Å². The molecule has 17 heavy (non-hydrogen) atoms. The molecule has 1 unspecified atom stereocenters. The van der Waals surface area contributed by atoms with Crippen molar-refractivity contribution in [1.29, 1.82) is 0 Å². The van der Waals surface area contributed by atoms with E-state index in [1.807, 2.05) is 20.8 Å². The molecular formula is C11H21N3O3. The van der Waals surface area contributed by atoms with Crippen molar-refractivity contribution in [2.45, 2.75) is 58.2 Å². The van der Waals surface area contributed by atoms with E-state index in [4.69, 9.17) is 15.7 Å². The average Bonchev–Trinajstić information content (AvgIpc) is 2.98. The molecule has 3 N–H and O–H groups in total. The van der Waals surface area contributed by atoms with E-state index in [0.717, 1.165) is 12.8 Å². The van der Waals surface area contributed by atoms with Crippen molar-refractivity contribution >= 4 is 11.9 Å². The highest BCUT2D eigenvalue weighted by molar-refractivity contribution is 5.88. The Bertz CT molecular complexity index is 318. The van der Waals surface area contributed by atoms with E-state index in [1.54, 1.807) is 11.8 Å². The van der Waals surface area contributed by atoms with Gasteiger partial charge in [-0.05, 0) is 40.5 Å². The Hall–Kier alpha value is -1.46. The van der Waals surface area contributed by atoms with Gasteiger partial charge in [0.1, 0.15) is 5.60 Å². The van der Waals surface area contributed by atoms with Crippen molar-refractivity contribution in [2.75, 3.05) is 0 Å². The Labute approximate surface area is 101 Å². The van der Waals surface area contributed by atoms with Crippen LogP contribution in [0, 0.1) is 0 Å². The molecule has 98 valence electrons. The van der Waals surface area contributed by atoms with E-state index in [-0.39, 0.29) is 11.9 Å². The SMILES string of the molecule is CC(/C(N)=N/O)N(C(=O)OC(C)(C)C)C1CC1. The molecule has 0 aliphatic heterocycles. The second kappa shape index (κ2) is 4.81. The lowest BCUT2D eigenvalue weighted by molar-refractivity contribution is 0.0204. The van der Waals surface area contributed by atoms with Gasteiger partial charge in [-0.25, -0.2) is 4.79 Å². The minimum Gasteiger partial charge on any atom is -0.444 e. The normalized spacial score (nSPS) is 18.7. The minimum atomic E-state index is -0.547. The van der Waals surface area contributed by atoms with Gasteiger partial charge in [-0.15, -0.1) is 0 Å². The highest BCUT2D eigenvalue weighted by Gasteiger charge is 2.39. The molecule has 1 atom stereocenters. The van der Waals surface area contributed by atoms with Crippen molar-refractivity contribution in [3.8, 4) is 0 Å². The number of carbonyl (C=O) groups is 1. The first kappa shape index (κ1) is 13.6. The van der Waals surface area contributed by atoms with Crippen LogP contribution in [0.15, 0.2) is 5.16 Å². The molecule has 0 saturated heterocycles. The Kier molecular flexibility index (Phi) is 3.85. The van der Waals surface area contributed by atoms with Gasteiger partial charge < -0.3 is 15.7 Å². The molecule has 6 nitrogen and oxygen atoms in total. The number of oxime groups is 1. The Morgan fingerprint density at radius 2 is 2.06 bits per heavy atom. The molecule has 1 aliphatic carbocycles. The first-order valence-corrected chi connectivity index (χ1v) is 5.75. The number of amides is 1. The first-order valence-electron chi connectivity index (χ1n) is 5.75. The molecular weight excluding hydrogens is 222 g/mol. The van der Waals surface area contributed by atoms with Crippen molar-refractivity contribution < 1.29 is 14.7 Å². The Morgan fingerprint density at radius 3 is 2.41 bits per heavy atom. The quantitative estimate of drug-likeness (QED) is 0.340. The summed E-state index contributed by atoms with van der Waals surface area (Å²) in [4.78, 5) is 13.6. The fourth-order valence-electron chi connectivity index (χ4n) is 1.52.